The van der Waals surface area contributed by atoms with E-state index in [0.717, 1.165) is 21.8 Å². The third kappa shape index (κ3) is 10.7. The highest BCUT2D eigenvalue weighted by Gasteiger charge is 2.30. The fraction of sp³-hybridized carbons (Fsp3) is 0.178. The number of benzene rings is 2. The Hall–Kier alpha value is -8.12. The molecular formula is C45H39ClN6O12. The molecule has 0 fully saturated rings. The molecule has 0 radical (unpaired) electrons. The lowest BCUT2D eigenvalue weighted by Crippen LogP contribution is -2.36. The number of aromatic hydroxyl groups is 1. The van der Waals surface area contributed by atoms with Gasteiger partial charge in [0.1, 0.15) is 11.0 Å². The van der Waals surface area contributed by atoms with Gasteiger partial charge in [-0.15, -0.1) is 0 Å². The third-order valence-corrected chi connectivity index (χ3v) is 9.31. The molecule has 0 saturated heterocycles. The molecule has 0 bridgehead atoms. The van der Waals surface area contributed by atoms with E-state index in [-0.39, 0.29) is 42.9 Å². The summed E-state index contributed by atoms with van der Waals surface area (Å²) in [5, 5.41) is 14.6. The fourth-order valence-electron chi connectivity index (χ4n) is 6.19. The first-order chi connectivity index (χ1) is 30.9. The van der Waals surface area contributed by atoms with Crippen LogP contribution in [-0.4, -0.2) is 72.3 Å². The van der Waals surface area contributed by atoms with Crippen molar-refractivity contribution in [2.45, 2.75) is 26.8 Å². The van der Waals surface area contributed by atoms with Gasteiger partial charge in [-0.05, 0) is 63.2 Å². The van der Waals surface area contributed by atoms with Gasteiger partial charge >= 0.3 is 29.2 Å². The number of ether oxygens (including phenoxy) is 3. The molecule has 328 valence electrons. The summed E-state index contributed by atoms with van der Waals surface area (Å²) in [7, 11) is 0. The molecule has 1 aliphatic heterocycles. The lowest BCUT2D eigenvalue weighted by atomic mass is 9.92. The van der Waals surface area contributed by atoms with E-state index >= 15 is 0 Å². The van der Waals surface area contributed by atoms with Crippen molar-refractivity contribution in [2.75, 3.05) is 19.8 Å². The van der Waals surface area contributed by atoms with E-state index < -0.39 is 46.2 Å². The average Bonchev–Trinajstić information content (AvgIpc) is 3.92. The van der Waals surface area contributed by atoms with E-state index in [1.807, 2.05) is 91.0 Å². The molecule has 2 aromatic carbocycles. The van der Waals surface area contributed by atoms with Crippen LogP contribution in [0.3, 0.4) is 0 Å². The Kier molecular flexibility index (Phi) is 15.0. The Morgan fingerprint density at radius 3 is 2.00 bits per heavy atom. The van der Waals surface area contributed by atoms with Gasteiger partial charge < -0.3 is 28.4 Å². The molecule has 2 aliphatic rings. The quantitative estimate of drug-likeness (QED) is 0.0970. The molecule has 9 rings (SSSR count). The molecule has 7 aromatic rings. The summed E-state index contributed by atoms with van der Waals surface area (Å²) >= 11 is 5.71. The Balaban J connectivity index is 0.000000148. The molecule has 0 saturated carbocycles. The maximum Gasteiger partial charge on any atom is 0.372 e. The second-order valence-corrected chi connectivity index (χ2v) is 13.6. The molecule has 0 amide bonds. The number of carbonyl (C=O) groups is 3. The van der Waals surface area contributed by atoms with Crippen molar-refractivity contribution in [3.05, 3.63) is 174 Å². The number of aromatic nitrogens is 6. The van der Waals surface area contributed by atoms with Gasteiger partial charge in [-0.2, -0.15) is 9.72 Å². The number of hydrogen-bond donors (Lipinski definition) is 2. The van der Waals surface area contributed by atoms with Crippen LogP contribution in [0.1, 0.15) is 63.7 Å². The van der Waals surface area contributed by atoms with Crippen LogP contribution in [0.5, 0.6) is 5.88 Å². The summed E-state index contributed by atoms with van der Waals surface area (Å²) in [4.78, 5) is 81.6. The third-order valence-electron chi connectivity index (χ3n) is 9.10. The Morgan fingerprint density at radius 2 is 1.34 bits per heavy atom. The minimum Gasteiger partial charge on any atom is -0.492 e. The second-order valence-electron chi connectivity index (χ2n) is 13.2. The number of halogens is 1. The predicted molar refractivity (Wildman–Crippen MR) is 234 cm³/mol. The van der Waals surface area contributed by atoms with Gasteiger partial charge in [0.05, 0.1) is 49.3 Å². The number of esters is 3. The summed E-state index contributed by atoms with van der Waals surface area (Å²) in [6.45, 7) is 5.51. The first-order valence-corrected chi connectivity index (χ1v) is 20.0. The first kappa shape index (κ1) is 45.4. The predicted octanol–water partition coefficient (Wildman–Crippen LogP) is 6.62. The van der Waals surface area contributed by atoms with Crippen LogP contribution in [-0.2, 0) is 14.2 Å². The number of nitrogens with zero attached hydrogens (tertiary/aromatic N) is 5. The van der Waals surface area contributed by atoms with E-state index in [4.69, 9.17) is 25.6 Å². The molecule has 1 aliphatic carbocycles. The van der Waals surface area contributed by atoms with Gasteiger partial charge in [0.15, 0.2) is 22.5 Å². The van der Waals surface area contributed by atoms with Crippen LogP contribution in [0.25, 0.3) is 33.7 Å². The van der Waals surface area contributed by atoms with E-state index in [9.17, 15) is 33.9 Å². The van der Waals surface area contributed by atoms with Gasteiger partial charge in [-0.1, -0.05) is 78.4 Å². The number of aromatic amines is 1. The Morgan fingerprint density at radius 1 is 0.734 bits per heavy atom. The van der Waals surface area contributed by atoms with E-state index in [2.05, 4.69) is 29.4 Å². The number of allylic oxidation sites excluding steroid dienone is 5. The van der Waals surface area contributed by atoms with Crippen molar-refractivity contribution in [2.24, 2.45) is 5.92 Å². The van der Waals surface area contributed by atoms with Crippen LogP contribution in [0, 0.1) is 5.92 Å². The van der Waals surface area contributed by atoms with Crippen LogP contribution in [0.4, 0.5) is 0 Å². The lowest BCUT2D eigenvalue weighted by molar-refractivity contribution is 0.0510. The normalized spacial score (nSPS) is 14.1. The summed E-state index contributed by atoms with van der Waals surface area (Å²) in [6, 6.07) is 22.5. The minimum atomic E-state index is -0.857. The van der Waals surface area contributed by atoms with Crippen LogP contribution >= 0.6 is 11.6 Å². The summed E-state index contributed by atoms with van der Waals surface area (Å²) in [5.74, 6) is -2.05. The highest BCUT2D eigenvalue weighted by Crippen LogP contribution is 2.31. The smallest absolute Gasteiger partial charge is 0.372 e. The van der Waals surface area contributed by atoms with Crippen molar-refractivity contribution in [1.82, 2.24) is 29.4 Å². The largest absolute Gasteiger partial charge is 0.492 e. The van der Waals surface area contributed by atoms with Crippen LogP contribution in [0.15, 0.2) is 139 Å². The number of H-pyrrole nitrogens is 1. The van der Waals surface area contributed by atoms with Gasteiger partial charge in [-0.25, -0.2) is 39.1 Å². The fourth-order valence-corrected chi connectivity index (χ4v) is 6.34. The molecule has 2 unspecified atom stereocenters. The molecule has 5 aromatic heterocycles. The molecule has 19 heteroatoms. The van der Waals surface area contributed by atoms with Crippen molar-refractivity contribution >= 4 is 57.4 Å². The van der Waals surface area contributed by atoms with Crippen LogP contribution < -0.4 is 16.8 Å². The molecule has 6 heterocycles. The monoisotopic (exact) mass is 890 g/mol. The second kappa shape index (κ2) is 21.1. The maximum absolute atomic E-state index is 12.6. The van der Waals surface area contributed by atoms with E-state index in [1.165, 1.54) is 21.7 Å². The van der Waals surface area contributed by atoms with Crippen molar-refractivity contribution in [3.8, 4) is 11.7 Å². The van der Waals surface area contributed by atoms with Gasteiger partial charge in [-0.3, -0.25) is 9.36 Å². The SMILES string of the molecule is CCOC(=O)c1c(O)nc2n(c1=O)C1C=CC=CC1C=C2.CCOC(=O)c1c[nH]oc1=O.CCOC(=O)c1cn(-c2ccc3ccccc3n2)oc1=O.Clc1ccc2ccccc2n1. The average molecular weight is 891 g/mol. The zero-order valence-corrected chi connectivity index (χ0v) is 35.1. The number of fused-ring (bicyclic) bond motifs is 5. The summed E-state index contributed by atoms with van der Waals surface area (Å²) in [5.41, 5.74) is -0.998. The zero-order chi connectivity index (χ0) is 45.8. The zero-order valence-electron chi connectivity index (χ0n) is 34.4. The number of rotatable bonds is 7. The molecular weight excluding hydrogens is 852 g/mol. The summed E-state index contributed by atoms with van der Waals surface area (Å²) < 4.78 is 26.0. The van der Waals surface area contributed by atoms with Crippen LogP contribution in [0.2, 0.25) is 5.15 Å². The van der Waals surface area contributed by atoms with Gasteiger partial charge in [0.25, 0.3) is 5.56 Å². The molecule has 2 N–H and O–H groups in total. The Labute approximate surface area is 367 Å². The first-order valence-electron chi connectivity index (χ1n) is 19.6. The highest BCUT2D eigenvalue weighted by atomic mass is 35.5. The number of nitrogens with one attached hydrogen (secondary N) is 1. The number of pyridine rings is 2. The van der Waals surface area contributed by atoms with Gasteiger partial charge in [0, 0.05) is 16.7 Å². The Bertz CT molecular complexity index is 3090. The van der Waals surface area contributed by atoms with Crippen molar-refractivity contribution in [1.29, 1.82) is 0 Å². The minimum absolute atomic E-state index is 0.0292. The maximum atomic E-state index is 12.6. The van der Waals surface area contributed by atoms with Crippen molar-refractivity contribution in [3.63, 3.8) is 0 Å². The lowest BCUT2D eigenvalue weighted by Gasteiger charge is -2.28. The summed E-state index contributed by atoms with van der Waals surface area (Å²) in [6.07, 6.45) is 13.6. The van der Waals surface area contributed by atoms with Crippen molar-refractivity contribution < 1.29 is 42.7 Å². The number of carbonyl (C=O) groups excluding carboxylic acids is 3. The molecule has 18 nitrogen and oxygen atoms in total. The molecule has 0 spiro atoms. The molecule has 2 atom stereocenters. The number of para-hydroxylation sites is 2. The topological polar surface area (TPSA) is 241 Å². The standard InChI is InChI=1S/C15H12N2O4.C15H14N2O4.C9H6ClN.C6H7NO4/c1-2-20-14(18)11-9-17(21-15(11)19)13-8-7-10-5-3-4-6-12(10)16-13;1-2-21-15(20)12-13(18)16-11-8-7-9-5-3-4-6-10(9)17(11)14(12)19;10-9-6-5-7-3-1-2-4-8(7)11-9;1-2-10-5(8)4-3-7-11-6(4)9/h3-9H,2H2,1H3;3-10,18H,2H2,1H3;1-6H;3,7H,2H2,1H3. The van der Waals surface area contributed by atoms with Gasteiger partial charge in [0.2, 0.25) is 5.88 Å². The van der Waals surface area contributed by atoms with E-state index in [0.29, 0.717) is 16.8 Å². The molecule has 64 heavy (non-hydrogen) atoms. The van der Waals surface area contributed by atoms with E-state index in [1.54, 1.807) is 39.0 Å². The highest BCUT2D eigenvalue weighted by molar-refractivity contribution is 6.29. The number of hydrogen-bond acceptors (Lipinski definition) is 15.